The van der Waals surface area contributed by atoms with E-state index in [-0.39, 0.29) is 10.9 Å². The molecular weight excluding hydrogens is 210 g/mol. The van der Waals surface area contributed by atoms with Gasteiger partial charge in [-0.1, -0.05) is 0 Å². The minimum Gasteiger partial charge on any atom is -0.431 e. The number of primary sulfonamides is 1. The van der Waals surface area contributed by atoms with Gasteiger partial charge >= 0.3 is 5.63 Å². The van der Waals surface area contributed by atoms with Crippen LogP contribution < -0.4 is 10.8 Å². The van der Waals surface area contributed by atoms with Gasteiger partial charge in [-0.25, -0.2) is 18.4 Å². The maximum Gasteiger partial charge on any atom is 0.348 e. The van der Waals surface area contributed by atoms with Gasteiger partial charge in [0.25, 0.3) is 10.0 Å². The predicted molar refractivity (Wildman–Crippen MR) is 46.0 cm³/mol. The van der Waals surface area contributed by atoms with Crippen LogP contribution in [0, 0.1) is 0 Å². The molecule has 0 saturated carbocycles. The zero-order chi connectivity index (χ0) is 10.3. The van der Waals surface area contributed by atoms with Crippen molar-refractivity contribution in [1.82, 2.24) is 10.2 Å². The molecule has 2 aromatic heterocycles. The normalized spacial score (nSPS) is 12.1. The summed E-state index contributed by atoms with van der Waals surface area (Å²) in [5.74, 6) is 0. The van der Waals surface area contributed by atoms with Gasteiger partial charge in [-0.05, 0) is 0 Å². The van der Waals surface area contributed by atoms with Gasteiger partial charge in [0.15, 0.2) is 5.03 Å². The number of nitrogens with zero attached hydrogens (tertiary/aromatic N) is 1. The lowest BCUT2D eigenvalue weighted by Crippen LogP contribution is -2.15. The zero-order valence-corrected chi connectivity index (χ0v) is 7.54. The van der Waals surface area contributed by atoms with Crippen LogP contribution in [0.1, 0.15) is 0 Å². The molecule has 0 spiro atoms. The molecule has 0 fully saturated rings. The molecule has 0 saturated heterocycles. The fraction of sp³-hybridized carbons (Fsp3) is 0. The van der Waals surface area contributed by atoms with E-state index in [9.17, 15) is 13.2 Å². The molecule has 0 amide bonds. The van der Waals surface area contributed by atoms with Gasteiger partial charge in [-0.3, -0.25) is 5.10 Å². The topological polar surface area (TPSA) is 119 Å². The average molecular weight is 215 g/mol. The van der Waals surface area contributed by atoms with Crippen molar-refractivity contribution < 1.29 is 12.8 Å². The van der Waals surface area contributed by atoms with Crippen molar-refractivity contribution in [3.63, 3.8) is 0 Å². The van der Waals surface area contributed by atoms with E-state index in [4.69, 9.17) is 5.14 Å². The molecule has 0 atom stereocenters. The monoisotopic (exact) mass is 215 g/mol. The van der Waals surface area contributed by atoms with E-state index in [0.29, 0.717) is 0 Å². The molecule has 0 bridgehead atoms. The summed E-state index contributed by atoms with van der Waals surface area (Å²) in [6.07, 6.45) is 1.12. The highest BCUT2D eigenvalue weighted by molar-refractivity contribution is 7.89. The first-order valence-electron chi connectivity index (χ1n) is 3.49. The molecule has 0 radical (unpaired) electrons. The number of hydrogen-bond acceptors (Lipinski definition) is 5. The Balaban J connectivity index is 3.02. The Morgan fingerprint density at radius 2 is 2.21 bits per heavy atom. The van der Waals surface area contributed by atoms with Crippen LogP contribution in [0.2, 0.25) is 0 Å². The lowest BCUT2D eigenvalue weighted by atomic mass is 10.4. The quantitative estimate of drug-likeness (QED) is 0.643. The summed E-state index contributed by atoms with van der Waals surface area (Å²) in [4.78, 5) is 11.2. The fourth-order valence-electron chi connectivity index (χ4n) is 1.08. The summed E-state index contributed by atoms with van der Waals surface area (Å²) in [5.41, 5.74) is -0.592. The number of fused-ring (bicyclic) bond motifs is 1. The number of H-pyrrole nitrogens is 1. The predicted octanol–water partition coefficient (Wildman–Crippen LogP) is -0.837. The van der Waals surface area contributed by atoms with Gasteiger partial charge in [-0.2, -0.15) is 5.10 Å². The molecule has 2 heterocycles. The highest BCUT2D eigenvalue weighted by atomic mass is 32.2. The summed E-state index contributed by atoms with van der Waals surface area (Å²) in [7, 11) is -3.99. The molecule has 2 rings (SSSR count). The highest BCUT2D eigenvalue weighted by Crippen LogP contribution is 2.13. The average Bonchev–Trinajstić information content (AvgIpc) is 2.47. The van der Waals surface area contributed by atoms with Gasteiger partial charge < -0.3 is 4.42 Å². The van der Waals surface area contributed by atoms with E-state index in [2.05, 4.69) is 14.6 Å². The molecule has 0 aliphatic heterocycles. The van der Waals surface area contributed by atoms with E-state index in [1.165, 1.54) is 6.07 Å². The van der Waals surface area contributed by atoms with E-state index in [1.807, 2.05) is 0 Å². The molecule has 0 aliphatic rings. The second kappa shape index (κ2) is 2.66. The number of sulfonamides is 1. The second-order valence-corrected chi connectivity index (χ2v) is 4.06. The number of nitrogens with one attached hydrogen (secondary N) is 1. The van der Waals surface area contributed by atoms with Crippen molar-refractivity contribution in [2.75, 3.05) is 0 Å². The van der Waals surface area contributed by atoms with Crippen LogP contribution in [0.4, 0.5) is 0 Å². The number of nitrogens with two attached hydrogens (primary N) is 1. The maximum absolute atomic E-state index is 11.2. The SMILES string of the molecule is NS(=O)(=O)c1[nH]nc2ccoc(=O)c12. The summed E-state index contributed by atoms with van der Waals surface area (Å²) in [6, 6.07) is 1.36. The Morgan fingerprint density at radius 1 is 1.50 bits per heavy atom. The van der Waals surface area contributed by atoms with E-state index >= 15 is 0 Å². The first-order valence-corrected chi connectivity index (χ1v) is 5.03. The van der Waals surface area contributed by atoms with E-state index < -0.39 is 20.7 Å². The number of aromatic amines is 1. The minimum atomic E-state index is -3.99. The van der Waals surface area contributed by atoms with E-state index in [0.717, 1.165) is 6.26 Å². The molecule has 7 nitrogen and oxygen atoms in total. The summed E-state index contributed by atoms with van der Waals surface area (Å²) in [5, 5.41) is 10.0. The number of hydrogen-bond donors (Lipinski definition) is 2. The van der Waals surface area contributed by atoms with Gasteiger partial charge in [0.2, 0.25) is 0 Å². The molecular formula is C6H5N3O4S. The van der Waals surface area contributed by atoms with Crippen molar-refractivity contribution in [2.24, 2.45) is 5.14 Å². The lowest BCUT2D eigenvalue weighted by molar-refractivity contribution is 0.518. The third-order valence-corrected chi connectivity index (χ3v) is 2.52. The maximum atomic E-state index is 11.2. The van der Waals surface area contributed by atoms with Crippen LogP contribution in [0.3, 0.4) is 0 Å². The van der Waals surface area contributed by atoms with Crippen molar-refractivity contribution in [1.29, 1.82) is 0 Å². The Labute approximate surface area is 77.6 Å². The lowest BCUT2D eigenvalue weighted by Gasteiger charge is -1.91. The Hall–Kier alpha value is -1.67. The first kappa shape index (κ1) is 8.91. The van der Waals surface area contributed by atoms with Crippen LogP contribution in [0.15, 0.2) is 26.6 Å². The summed E-state index contributed by atoms with van der Waals surface area (Å²) < 4.78 is 26.5. The molecule has 8 heteroatoms. The number of aromatic nitrogens is 2. The van der Waals surface area contributed by atoms with Crippen LogP contribution >= 0.6 is 0 Å². The number of rotatable bonds is 1. The van der Waals surface area contributed by atoms with E-state index in [1.54, 1.807) is 0 Å². The third-order valence-electron chi connectivity index (χ3n) is 1.65. The third kappa shape index (κ3) is 1.20. The highest BCUT2D eigenvalue weighted by Gasteiger charge is 2.18. The summed E-state index contributed by atoms with van der Waals surface area (Å²) >= 11 is 0. The molecule has 2 aromatic rings. The molecule has 3 N–H and O–H groups in total. The minimum absolute atomic E-state index is 0.157. The molecule has 74 valence electrons. The standard InChI is InChI=1S/C6H5N3O4S/c7-14(11,12)5-4-3(8-9-5)1-2-13-6(4)10/h1-2H,(H,8,9)(H2,7,11,12). The fourth-order valence-corrected chi connectivity index (χ4v) is 1.73. The Kier molecular flexibility index (Phi) is 1.69. The molecule has 0 unspecified atom stereocenters. The van der Waals surface area contributed by atoms with Crippen molar-refractivity contribution in [2.45, 2.75) is 5.03 Å². The largest absolute Gasteiger partial charge is 0.431 e. The molecule has 0 aliphatic carbocycles. The first-order chi connectivity index (χ1) is 6.50. The van der Waals surface area contributed by atoms with Crippen molar-refractivity contribution in [3.05, 3.63) is 22.7 Å². The van der Waals surface area contributed by atoms with Gasteiger partial charge in [0.05, 0.1) is 6.26 Å². The van der Waals surface area contributed by atoms with Crippen molar-refractivity contribution >= 4 is 20.9 Å². The molecule has 0 aromatic carbocycles. The van der Waals surface area contributed by atoms with Gasteiger partial charge in [-0.15, -0.1) is 0 Å². The van der Waals surface area contributed by atoms with Crippen molar-refractivity contribution in [3.8, 4) is 0 Å². The van der Waals surface area contributed by atoms with Crippen LogP contribution in [0.25, 0.3) is 10.9 Å². The van der Waals surface area contributed by atoms with Crippen LogP contribution in [-0.2, 0) is 10.0 Å². The van der Waals surface area contributed by atoms with Crippen LogP contribution in [-0.4, -0.2) is 18.6 Å². The van der Waals surface area contributed by atoms with Gasteiger partial charge in [0, 0.05) is 6.07 Å². The van der Waals surface area contributed by atoms with Gasteiger partial charge in [0.1, 0.15) is 10.9 Å². The zero-order valence-electron chi connectivity index (χ0n) is 6.72. The van der Waals surface area contributed by atoms with Crippen LogP contribution in [0.5, 0.6) is 0 Å². The Bertz CT molecular complexity index is 638. The smallest absolute Gasteiger partial charge is 0.348 e. The Morgan fingerprint density at radius 3 is 2.86 bits per heavy atom. The molecule has 14 heavy (non-hydrogen) atoms. The summed E-state index contributed by atoms with van der Waals surface area (Å²) in [6.45, 7) is 0. The second-order valence-electron chi connectivity index (χ2n) is 2.57.